The number of aromatic nitrogens is 2. The second kappa shape index (κ2) is 5.95. The lowest BCUT2D eigenvalue weighted by Gasteiger charge is -2.31. The number of ether oxygens (including phenoxy) is 1. The van der Waals surface area contributed by atoms with E-state index in [1.807, 2.05) is 56.8 Å². The largest absolute Gasteiger partial charge is 0.496 e. The van der Waals surface area contributed by atoms with E-state index in [1.54, 1.807) is 13.4 Å². The molecule has 0 fully saturated rings. The van der Waals surface area contributed by atoms with E-state index in [1.165, 1.54) is 0 Å². The van der Waals surface area contributed by atoms with Crippen LogP contribution in [0, 0.1) is 12.8 Å². The predicted molar refractivity (Wildman–Crippen MR) is 96.3 cm³/mol. The predicted octanol–water partition coefficient (Wildman–Crippen LogP) is 3.78. The van der Waals surface area contributed by atoms with Crippen molar-refractivity contribution < 1.29 is 9.84 Å². The number of aliphatic hydroxyl groups is 1. The Morgan fingerprint density at radius 2 is 1.96 bits per heavy atom. The van der Waals surface area contributed by atoms with Gasteiger partial charge in [-0.15, -0.1) is 0 Å². The van der Waals surface area contributed by atoms with Gasteiger partial charge in [0.05, 0.1) is 19.1 Å². The van der Waals surface area contributed by atoms with Gasteiger partial charge < -0.3 is 14.4 Å². The van der Waals surface area contributed by atoms with E-state index < -0.39 is 5.60 Å². The number of hydrogen-bond donors (Lipinski definition) is 1. The van der Waals surface area contributed by atoms with Gasteiger partial charge in [-0.1, -0.05) is 32.0 Å². The molecule has 24 heavy (non-hydrogen) atoms. The molecular weight excluding hydrogens is 300 g/mol. The van der Waals surface area contributed by atoms with Crippen LogP contribution in [0.2, 0.25) is 0 Å². The molecule has 0 saturated heterocycles. The fourth-order valence-electron chi connectivity index (χ4n) is 3.31. The van der Waals surface area contributed by atoms with Crippen molar-refractivity contribution in [1.82, 2.24) is 9.55 Å². The van der Waals surface area contributed by atoms with Crippen molar-refractivity contribution in [3.63, 3.8) is 0 Å². The molecule has 0 spiro atoms. The second-order valence-corrected chi connectivity index (χ2v) is 6.67. The summed E-state index contributed by atoms with van der Waals surface area (Å²) >= 11 is 0. The topological polar surface area (TPSA) is 47.3 Å². The van der Waals surface area contributed by atoms with E-state index in [0.29, 0.717) is 5.69 Å². The summed E-state index contributed by atoms with van der Waals surface area (Å²) < 4.78 is 7.26. The Kier molecular flexibility index (Phi) is 4.10. The quantitative estimate of drug-likeness (QED) is 0.794. The van der Waals surface area contributed by atoms with Crippen LogP contribution in [-0.4, -0.2) is 21.8 Å². The molecule has 0 aliphatic carbocycles. The molecule has 0 radical (unpaired) electrons. The van der Waals surface area contributed by atoms with Crippen molar-refractivity contribution >= 4 is 10.8 Å². The third-order valence-electron chi connectivity index (χ3n) is 4.83. The fourth-order valence-corrected chi connectivity index (χ4v) is 3.31. The smallest absolute Gasteiger partial charge is 0.135 e. The van der Waals surface area contributed by atoms with Gasteiger partial charge in [0.2, 0.25) is 0 Å². The Morgan fingerprint density at radius 1 is 1.21 bits per heavy atom. The van der Waals surface area contributed by atoms with Gasteiger partial charge in [-0.3, -0.25) is 0 Å². The fraction of sp³-hybridized carbons (Fsp3) is 0.350. The number of imidazole rings is 1. The summed E-state index contributed by atoms with van der Waals surface area (Å²) in [6.45, 7) is 6.07. The Morgan fingerprint density at radius 3 is 2.54 bits per heavy atom. The summed E-state index contributed by atoms with van der Waals surface area (Å²) in [4.78, 5) is 4.40. The lowest BCUT2D eigenvalue weighted by Crippen LogP contribution is -2.33. The normalized spacial score (nSPS) is 14.1. The van der Waals surface area contributed by atoms with Crippen LogP contribution in [0.25, 0.3) is 10.8 Å². The molecule has 3 aromatic rings. The zero-order chi connectivity index (χ0) is 17.5. The van der Waals surface area contributed by atoms with Gasteiger partial charge in [-0.25, -0.2) is 4.98 Å². The molecule has 1 unspecified atom stereocenters. The molecule has 126 valence electrons. The average Bonchev–Trinajstić information content (AvgIpc) is 3.01. The van der Waals surface area contributed by atoms with Gasteiger partial charge in [-0.05, 0) is 46.9 Å². The number of hydrogen-bond acceptors (Lipinski definition) is 3. The van der Waals surface area contributed by atoms with E-state index in [0.717, 1.165) is 27.6 Å². The van der Waals surface area contributed by atoms with Crippen LogP contribution < -0.4 is 4.74 Å². The summed E-state index contributed by atoms with van der Waals surface area (Å²) in [5.74, 6) is 0.864. The van der Waals surface area contributed by atoms with Gasteiger partial charge >= 0.3 is 0 Å². The van der Waals surface area contributed by atoms with E-state index in [4.69, 9.17) is 4.74 Å². The zero-order valence-electron chi connectivity index (χ0n) is 14.9. The van der Waals surface area contributed by atoms with Gasteiger partial charge in [0.15, 0.2) is 0 Å². The third-order valence-corrected chi connectivity index (χ3v) is 4.83. The van der Waals surface area contributed by atoms with Crippen LogP contribution >= 0.6 is 0 Å². The molecule has 3 rings (SSSR count). The lowest BCUT2D eigenvalue weighted by atomic mass is 9.80. The summed E-state index contributed by atoms with van der Waals surface area (Å²) in [6, 6.07) is 10.1. The third kappa shape index (κ3) is 2.47. The van der Waals surface area contributed by atoms with Crippen molar-refractivity contribution in [1.29, 1.82) is 0 Å². The highest BCUT2D eigenvalue weighted by molar-refractivity contribution is 5.88. The molecule has 4 heteroatoms. The highest BCUT2D eigenvalue weighted by Crippen LogP contribution is 2.38. The SMILES string of the molecule is COc1ccc2cc(C(O)(c3cn(C)cn3)C(C)C)ccc2c1C. The first-order chi connectivity index (χ1) is 11.4. The van der Waals surface area contributed by atoms with Crippen molar-refractivity contribution in [3.05, 3.63) is 59.7 Å². The Labute approximate surface area is 142 Å². The minimum absolute atomic E-state index is 0.0100. The highest BCUT2D eigenvalue weighted by atomic mass is 16.5. The number of rotatable bonds is 4. The maximum atomic E-state index is 11.5. The number of methoxy groups -OCH3 is 1. The molecule has 0 aliphatic heterocycles. The van der Waals surface area contributed by atoms with E-state index >= 15 is 0 Å². The van der Waals surface area contributed by atoms with Crippen LogP contribution in [0.15, 0.2) is 42.9 Å². The number of nitrogens with zero attached hydrogens (tertiary/aromatic N) is 2. The van der Waals surface area contributed by atoms with Crippen molar-refractivity contribution in [2.75, 3.05) is 7.11 Å². The van der Waals surface area contributed by atoms with Crippen molar-refractivity contribution in [3.8, 4) is 5.75 Å². The average molecular weight is 324 g/mol. The van der Waals surface area contributed by atoms with Gasteiger partial charge in [0.25, 0.3) is 0 Å². The van der Waals surface area contributed by atoms with E-state index in [2.05, 4.69) is 17.1 Å². The van der Waals surface area contributed by atoms with Crippen LogP contribution in [0.1, 0.15) is 30.7 Å². The van der Waals surface area contributed by atoms with Crippen molar-refractivity contribution in [2.45, 2.75) is 26.4 Å². The first kappa shape index (κ1) is 16.5. The summed E-state index contributed by atoms with van der Waals surface area (Å²) in [5.41, 5.74) is 1.51. The zero-order valence-corrected chi connectivity index (χ0v) is 14.9. The first-order valence-corrected chi connectivity index (χ1v) is 8.16. The second-order valence-electron chi connectivity index (χ2n) is 6.67. The standard InChI is InChI=1S/C20H24N2O2/c1-13(2)20(23,19-11-22(4)12-21-19)16-7-8-17-14(3)18(24-5)9-6-15(17)10-16/h6-13,23H,1-5H3. The van der Waals surface area contributed by atoms with Gasteiger partial charge in [0, 0.05) is 13.2 Å². The van der Waals surface area contributed by atoms with Crippen LogP contribution in [0.4, 0.5) is 0 Å². The van der Waals surface area contributed by atoms with Gasteiger partial charge in [-0.2, -0.15) is 0 Å². The Balaban J connectivity index is 2.19. The molecular formula is C20H24N2O2. The molecule has 2 aromatic carbocycles. The molecule has 0 aliphatic rings. The minimum Gasteiger partial charge on any atom is -0.496 e. The Bertz CT molecular complexity index is 882. The molecule has 1 N–H and O–H groups in total. The van der Waals surface area contributed by atoms with Gasteiger partial charge in [0.1, 0.15) is 11.4 Å². The van der Waals surface area contributed by atoms with Crippen LogP contribution in [0.5, 0.6) is 5.75 Å². The molecule has 1 aromatic heterocycles. The minimum atomic E-state index is -1.12. The van der Waals surface area contributed by atoms with E-state index in [-0.39, 0.29) is 5.92 Å². The molecule has 0 saturated carbocycles. The van der Waals surface area contributed by atoms with Crippen LogP contribution in [-0.2, 0) is 12.6 Å². The summed E-state index contributed by atoms with van der Waals surface area (Å²) in [6.07, 6.45) is 3.60. The highest BCUT2D eigenvalue weighted by Gasteiger charge is 2.37. The number of aryl methyl sites for hydroxylation is 2. The molecule has 0 bridgehead atoms. The maximum absolute atomic E-state index is 11.5. The maximum Gasteiger partial charge on any atom is 0.135 e. The first-order valence-electron chi connectivity index (χ1n) is 8.16. The molecule has 1 atom stereocenters. The monoisotopic (exact) mass is 324 g/mol. The summed E-state index contributed by atoms with van der Waals surface area (Å²) in [7, 11) is 3.59. The summed E-state index contributed by atoms with van der Waals surface area (Å²) in [5, 5.41) is 13.7. The van der Waals surface area contributed by atoms with Crippen molar-refractivity contribution in [2.24, 2.45) is 13.0 Å². The van der Waals surface area contributed by atoms with E-state index in [9.17, 15) is 5.11 Å². The van der Waals surface area contributed by atoms with Crippen LogP contribution in [0.3, 0.4) is 0 Å². The lowest BCUT2D eigenvalue weighted by molar-refractivity contribution is 0.0280. The Hall–Kier alpha value is -2.33. The number of fused-ring (bicyclic) bond motifs is 1. The number of benzene rings is 2. The molecule has 4 nitrogen and oxygen atoms in total. The molecule has 1 heterocycles. The molecule has 0 amide bonds.